The summed E-state index contributed by atoms with van der Waals surface area (Å²) in [5, 5.41) is 0. The van der Waals surface area contributed by atoms with Gasteiger partial charge in [-0.25, -0.2) is 0 Å². The standard InChI is InChI=1S/C24H20N2O5S/c1-29-17-12-13-19-21(14-17)32-24(26(19)15-22(27)30-2)25-23(28)18-10-6-7-11-20(18)31-16-8-4-3-5-9-16/h3-14H,15H2,1-2H3. The van der Waals surface area contributed by atoms with Crippen molar-refractivity contribution in [3.63, 3.8) is 0 Å². The van der Waals surface area contributed by atoms with Gasteiger partial charge >= 0.3 is 5.97 Å². The number of carbonyl (C=O) groups is 2. The number of thiazole rings is 1. The van der Waals surface area contributed by atoms with Gasteiger partial charge in [-0.05, 0) is 42.5 Å². The molecule has 0 aliphatic rings. The molecule has 162 valence electrons. The lowest BCUT2D eigenvalue weighted by molar-refractivity contribution is -0.141. The number of nitrogens with zero attached hydrogens (tertiary/aromatic N) is 2. The van der Waals surface area contributed by atoms with Crippen molar-refractivity contribution < 1.29 is 23.8 Å². The molecule has 0 bridgehead atoms. The number of ether oxygens (including phenoxy) is 3. The Hall–Kier alpha value is -3.91. The van der Waals surface area contributed by atoms with Crippen LogP contribution in [0.2, 0.25) is 0 Å². The minimum Gasteiger partial charge on any atom is -0.497 e. The molecule has 0 unspecified atom stereocenters. The molecule has 0 saturated carbocycles. The molecule has 1 heterocycles. The van der Waals surface area contributed by atoms with E-state index in [0.29, 0.717) is 27.6 Å². The lowest BCUT2D eigenvalue weighted by atomic mass is 10.2. The lowest BCUT2D eigenvalue weighted by Gasteiger charge is -2.08. The average Bonchev–Trinajstić information content (AvgIpc) is 3.15. The van der Waals surface area contributed by atoms with Crippen LogP contribution in [0.5, 0.6) is 17.2 Å². The van der Waals surface area contributed by atoms with E-state index < -0.39 is 11.9 Å². The summed E-state index contributed by atoms with van der Waals surface area (Å²) >= 11 is 1.29. The summed E-state index contributed by atoms with van der Waals surface area (Å²) in [4.78, 5) is 29.8. The summed E-state index contributed by atoms with van der Waals surface area (Å²) in [6.07, 6.45) is 0. The van der Waals surface area contributed by atoms with Gasteiger partial charge in [0.2, 0.25) is 0 Å². The van der Waals surface area contributed by atoms with Crippen LogP contribution in [-0.2, 0) is 16.1 Å². The van der Waals surface area contributed by atoms with Crippen molar-refractivity contribution in [3.8, 4) is 17.2 Å². The Morgan fingerprint density at radius 2 is 1.69 bits per heavy atom. The molecule has 1 amide bonds. The monoisotopic (exact) mass is 448 g/mol. The van der Waals surface area contributed by atoms with Crippen LogP contribution >= 0.6 is 11.3 Å². The minimum absolute atomic E-state index is 0.0723. The zero-order chi connectivity index (χ0) is 22.5. The predicted molar refractivity (Wildman–Crippen MR) is 121 cm³/mol. The van der Waals surface area contributed by atoms with Gasteiger partial charge < -0.3 is 18.8 Å². The van der Waals surface area contributed by atoms with E-state index in [4.69, 9.17) is 14.2 Å². The topological polar surface area (TPSA) is 79.1 Å². The Bertz CT molecular complexity index is 1340. The minimum atomic E-state index is -0.478. The van der Waals surface area contributed by atoms with Gasteiger partial charge in [0, 0.05) is 0 Å². The molecule has 7 nitrogen and oxygen atoms in total. The van der Waals surface area contributed by atoms with Gasteiger partial charge in [0.25, 0.3) is 5.91 Å². The van der Waals surface area contributed by atoms with Crippen LogP contribution < -0.4 is 14.3 Å². The van der Waals surface area contributed by atoms with Crippen molar-refractivity contribution in [3.05, 3.63) is 83.2 Å². The molecule has 0 N–H and O–H groups in total. The molecule has 0 fully saturated rings. The van der Waals surface area contributed by atoms with Gasteiger partial charge in [-0.1, -0.05) is 41.7 Å². The quantitative estimate of drug-likeness (QED) is 0.408. The van der Waals surface area contributed by atoms with Crippen LogP contribution in [0.3, 0.4) is 0 Å². The van der Waals surface area contributed by atoms with Crippen molar-refractivity contribution >= 4 is 33.4 Å². The third kappa shape index (κ3) is 4.55. The number of rotatable bonds is 6. The number of para-hydroxylation sites is 2. The summed E-state index contributed by atoms with van der Waals surface area (Å²) in [7, 11) is 2.90. The molecule has 0 atom stereocenters. The number of fused-ring (bicyclic) bond motifs is 1. The van der Waals surface area contributed by atoms with Crippen LogP contribution in [0.1, 0.15) is 10.4 Å². The van der Waals surface area contributed by atoms with E-state index in [-0.39, 0.29) is 6.54 Å². The SMILES string of the molecule is COC(=O)Cn1c(=NC(=O)c2ccccc2Oc2ccccc2)sc2cc(OC)ccc21. The fourth-order valence-electron chi connectivity index (χ4n) is 3.11. The van der Waals surface area contributed by atoms with Gasteiger partial charge in [0.1, 0.15) is 23.8 Å². The molecule has 0 saturated heterocycles. The van der Waals surface area contributed by atoms with Crippen molar-refractivity contribution in [1.82, 2.24) is 4.57 Å². The first-order chi connectivity index (χ1) is 15.6. The van der Waals surface area contributed by atoms with Crippen LogP contribution in [0.4, 0.5) is 0 Å². The summed E-state index contributed by atoms with van der Waals surface area (Å²) in [6.45, 7) is -0.0723. The van der Waals surface area contributed by atoms with E-state index in [2.05, 4.69) is 4.99 Å². The van der Waals surface area contributed by atoms with Crippen molar-refractivity contribution in [2.75, 3.05) is 14.2 Å². The maximum absolute atomic E-state index is 13.1. The van der Waals surface area contributed by atoms with E-state index in [0.717, 1.165) is 10.2 Å². The highest BCUT2D eigenvalue weighted by Crippen LogP contribution is 2.26. The van der Waals surface area contributed by atoms with Crippen molar-refractivity contribution in [2.24, 2.45) is 4.99 Å². The van der Waals surface area contributed by atoms with Crippen LogP contribution in [-0.4, -0.2) is 30.7 Å². The second-order valence-electron chi connectivity index (χ2n) is 6.71. The number of methoxy groups -OCH3 is 2. The molecule has 32 heavy (non-hydrogen) atoms. The zero-order valence-electron chi connectivity index (χ0n) is 17.5. The van der Waals surface area contributed by atoms with Crippen LogP contribution in [0, 0.1) is 0 Å². The lowest BCUT2D eigenvalue weighted by Crippen LogP contribution is -2.22. The first kappa shape index (κ1) is 21.3. The molecule has 0 radical (unpaired) electrons. The Labute approximate surface area is 188 Å². The Morgan fingerprint density at radius 3 is 2.44 bits per heavy atom. The number of esters is 1. The van der Waals surface area contributed by atoms with E-state index in [1.54, 1.807) is 42.0 Å². The molecular formula is C24H20N2O5S. The average molecular weight is 449 g/mol. The van der Waals surface area contributed by atoms with E-state index in [1.807, 2.05) is 42.5 Å². The van der Waals surface area contributed by atoms with E-state index in [1.165, 1.54) is 18.4 Å². The number of aromatic nitrogens is 1. The highest BCUT2D eigenvalue weighted by Gasteiger charge is 2.16. The van der Waals surface area contributed by atoms with Crippen molar-refractivity contribution in [1.29, 1.82) is 0 Å². The number of hydrogen-bond donors (Lipinski definition) is 0. The van der Waals surface area contributed by atoms with E-state index in [9.17, 15) is 9.59 Å². The second-order valence-corrected chi connectivity index (χ2v) is 7.72. The predicted octanol–water partition coefficient (Wildman–Crippen LogP) is 4.42. The first-order valence-corrected chi connectivity index (χ1v) is 10.6. The Kier molecular flexibility index (Phi) is 6.32. The van der Waals surface area contributed by atoms with Crippen LogP contribution in [0.15, 0.2) is 77.8 Å². The van der Waals surface area contributed by atoms with Gasteiger partial charge in [0.05, 0.1) is 30.0 Å². The summed E-state index contributed by atoms with van der Waals surface area (Å²) < 4.78 is 18.5. The molecule has 0 aliphatic carbocycles. The van der Waals surface area contributed by atoms with Gasteiger partial charge in [-0.2, -0.15) is 4.99 Å². The molecule has 1 aromatic heterocycles. The second kappa shape index (κ2) is 9.49. The highest BCUT2D eigenvalue weighted by molar-refractivity contribution is 7.16. The summed E-state index contributed by atoms with van der Waals surface area (Å²) in [5.74, 6) is 0.761. The number of hydrogen-bond acceptors (Lipinski definition) is 6. The zero-order valence-corrected chi connectivity index (χ0v) is 18.3. The Balaban J connectivity index is 1.78. The summed E-state index contributed by atoms with van der Waals surface area (Å²) in [5.41, 5.74) is 1.07. The fourth-order valence-corrected chi connectivity index (χ4v) is 4.16. The van der Waals surface area contributed by atoms with Gasteiger partial charge in [0.15, 0.2) is 4.80 Å². The molecular weight excluding hydrogens is 428 g/mol. The third-order valence-electron chi connectivity index (χ3n) is 4.69. The molecule has 8 heteroatoms. The molecule has 4 aromatic rings. The smallest absolute Gasteiger partial charge is 0.325 e. The van der Waals surface area contributed by atoms with Crippen molar-refractivity contribution in [2.45, 2.75) is 6.54 Å². The largest absolute Gasteiger partial charge is 0.497 e. The Morgan fingerprint density at radius 1 is 0.938 bits per heavy atom. The molecule has 4 rings (SSSR count). The highest BCUT2D eigenvalue weighted by atomic mass is 32.1. The van der Waals surface area contributed by atoms with Crippen LogP contribution in [0.25, 0.3) is 10.2 Å². The van der Waals surface area contributed by atoms with E-state index >= 15 is 0 Å². The maximum Gasteiger partial charge on any atom is 0.325 e. The molecule has 3 aromatic carbocycles. The number of benzene rings is 3. The maximum atomic E-state index is 13.1. The van der Waals surface area contributed by atoms with Gasteiger partial charge in [-0.3, -0.25) is 9.59 Å². The molecule has 0 spiro atoms. The third-order valence-corrected chi connectivity index (χ3v) is 5.73. The normalized spacial score (nSPS) is 11.4. The summed E-state index contributed by atoms with van der Waals surface area (Å²) in [6, 6.07) is 21.6. The number of amides is 1. The first-order valence-electron chi connectivity index (χ1n) is 9.74. The fraction of sp³-hybridized carbons (Fsp3) is 0.125. The number of carbonyl (C=O) groups excluding carboxylic acids is 2. The molecule has 0 aliphatic heterocycles. The van der Waals surface area contributed by atoms with Gasteiger partial charge in [-0.15, -0.1) is 0 Å².